The number of aromatic hydroxyl groups is 1. The van der Waals surface area contributed by atoms with Crippen LogP contribution in [0.2, 0.25) is 0 Å². The first-order valence-electron chi connectivity index (χ1n) is 4.43. The maximum absolute atomic E-state index is 9.71. The Balaban J connectivity index is 2.78. The Kier molecular flexibility index (Phi) is 4.34. The molecule has 0 aromatic heterocycles. The fraction of sp³-hybridized carbons (Fsp3) is 0.300. The number of phenols is 1. The third-order valence-corrected chi connectivity index (χ3v) is 2.78. The molecule has 0 fully saturated rings. The second-order valence-electron chi connectivity index (χ2n) is 3.21. The molecule has 1 atom stereocenters. The molecule has 0 saturated heterocycles. The Morgan fingerprint density at radius 2 is 2.27 bits per heavy atom. The number of benzene rings is 1. The summed E-state index contributed by atoms with van der Waals surface area (Å²) in [6, 6.07) is 5.04. The smallest absolute Gasteiger partial charge is 0.129 e. The Labute approximate surface area is 102 Å². The van der Waals surface area contributed by atoms with Crippen LogP contribution < -0.4 is 5.73 Å². The molecular formula is C10H13IN2O2. The number of rotatable bonds is 3. The number of aliphatic imine (C=N–C) groups is 1. The minimum atomic E-state index is -0.730. The second kappa shape index (κ2) is 5.32. The van der Waals surface area contributed by atoms with Crippen molar-refractivity contribution < 1.29 is 10.2 Å². The highest BCUT2D eigenvalue weighted by atomic mass is 131. The van der Waals surface area contributed by atoms with Crippen LogP contribution in [0.4, 0.5) is 0 Å². The van der Waals surface area contributed by atoms with Crippen molar-refractivity contribution in [2.45, 2.75) is 13.0 Å². The van der Waals surface area contributed by atoms with Crippen molar-refractivity contribution in [1.29, 1.82) is 0 Å². The number of aliphatic hydroxyl groups excluding tert-OH is 1. The van der Waals surface area contributed by atoms with Crippen LogP contribution in [-0.2, 0) is 0 Å². The van der Waals surface area contributed by atoms with Gasteiger partial charge in [-0.25, -0.2) is 0 Å². The number of nitrogens with two attached hydrogens (primary N) is 1. The van der Waals surface area contributed by atoms with E-state index in [0.29, 0.717) is 11.4 Å². The Morgan fingerprint density at radius 1 is 1.60 bits per heavy atom. The van der Waals surface area contributed by atoms with Crippen LogP contribution in [0.1, 0.15) is 18.6 Å². The molecule has 0 spiro atoms. The van der Waals surface area contributed by atoms with E-state index in [4.69, 9.17) is 5.73 Å². The van der Waals surface area contributed by atoms with Crippen LogP contribution in [-0.4, -0.2) is 22.6 Å². The van der Waals surface area contributed by atoms with Gasteiger partial charge in [0.15, 0.2) is 0 Å². The number of hydrogen-bond donors (Lipinski definition) is 3. The van der Waals surface area contributed by atoms with Gasteiger partial charge in [0.2, 0.25) is 0 Å². The molecule has 5 heteroatoms. The lowest BCUT2D eigenvalue weighted by Crippen LogP contribution is -2.09. The molecule has 0 heterocycles. The quantitative estimate of drug-likeness (QED) is 0.447. The molecule has 0 bridgehead atoms. The second-order valence-corrected chi connectivity index (χ2v) is 4.37. The van der Waals surface area contributed by atoms with E-state index < -0.39 is 6.10 Å². The summed E-state index contributed by atoms with van der Waals surface area (Å²) in [5.74, 6) is 0.601. The topological polar surface area (TPSA) is 78.8 Å². The average Bonchev–Trinajstić information content (AvgIpc) is 2.18. The molecule has 1 rings (SSSR count). The molecule has 15 heavy (non-hydrogen) atoms. The molecule has 0 saturated carbocycles. The van der Waals surface area contributed by atoms with Crippen molar-refractivity contribution in [3.8, 4) is 5.75 Å². The zero-order valence-corrected chi connectivity index (χ0v) is 10.5. The Bertz CT molecular complexity index is 376. The van der Waals surface area contributed by atoms with Crippen molar-refractivity contribution >= 4 is 28.4 Å². The maximum atomic E-state index is 9.71. The zero-order valence-electron chi connectivity index (χ0n) is 8.31. The highest BCUT2D eigenvalue weighted by Gasteiger charge is 2.08. The first-order valence-corrected chi connectivity index (χ1v) is 5.51. The summed E-state index contributed by atoms with van der Waals surface area (Å²) in [5, 5.41) is 19.2. The van der Waals surface area contributed by atoms with Gasteiger partial charge in [0.25, 0.3) is 0 Å². The lowest BCUT2D eigenvalue weighted by Gasteiger charge is -2.09. The summed E-state index contributed by atoms with van der Waals surface area (Å²) in [6.45, 7) is 1.88. The van der Waals surface area contributed by atoms with Crippen molar-refractivity contribution in [3.05, 3.63) is 27.3 Å². The molecule has 82 valence electrons. The van der Waals surface area contributed by atoms with Crippen LogP contribution >= 0.6 is 22.6 Å². The van der Waals surface area contributed by atoms with Crippen molar-refractivity contribution in [1.82, 2.24) is 0 Å². The van der Waals surface area contributed by atoms with E-state index >= 15 is 0 Å². The molecule has 1 aromatic rings. The van der Waals surface area contributed by atoms with Gasteiger partial charge < -0.3 is 15.9 Å². The molecule has 1 aromatic carbocycles. The highest BCUT2D eigenvalue weighted by molar-refractivity contribution is 14.1. The number of halogens is 1. The first-order chi connectivity index (χ1) is 7.00. The van der Waals surface area contributed by atoms with Crippen LogP contribution in [0.15, 0.2) is 23.2 Å². The van der Waals surface area contributed by atoms with E-state index in [2.05, 4.69) is 4.99 Å². The molecule has 4 N–H and O–H groups in total. The van der Waals surface area contributed by atoms with Gasteiger partial charge in [0.1, 0.15) is 5.75 Å². The lowest BCUT2D eigenvalue weighted by atomic mass is 10.1. The molecule has 0 aliphatic carbocycles. The Hall–Kier alpha value is -0.820. The number of aliphatic hydroxyl groups is 1. The van der Waals surface area contributed by atoms with Crippen molar-refractivity contribution in [2.24, 2.45) is 10.7 Å². The van der Waals surface area contributed by atoms with Crippen molar-refractivity contribution in [3.63, 3.8) is 0 Å². The molecule has 0 unspecified atom stereocenters. The van der Waals surface area contributed by atoms with E-state index in [9.17, 15) is 10.2 Å². The Morgan fingerprint density at radius 3 is 2.80 bits per heavy atom. The first kappa shape index (κ1) is 12.3. The zero-order chi connectivity index (χ0) is 11.4. The molecule has 0 amide bonds. The normalized spacial score (nSPS) is 13.9. The lowest BCUT2D eigenvalue weighted by molar-refractivity contribution is 0.187. The molecule has 4 nitrogen and oxygen atoms in total. The number of amidine groups is 1. The summed E-state index contributed by atoms with van der Waals surface area (Å²) in [5.41, 5.74) is 6.00. The summed E-state index contributed by atoms with van der Waals surface area (Å²) in [7, 11) is 0. The van der Waals surface area contributed by atoms with Crippen LogP contribution in [0.5, 0.6) is 5.75 Å². The van der Waals surface area contributed by atoms with Crippen LogP contribution in [0.25, 0.3) is 0 Å². The fourth-order valence-corrected chi connectivity index (χ4v) is 1.41. The number of nitrogens with zero attached hydrogens (tertiary/aromatic N) is 1. The van der Waals surface area contributed by atoms with Crippen LogP contribution in [0, 0.1) is 3.57 Å². The van der Waals surface area contributed by atoms with Crippen LogP contribution in [0.3, 0.4) is 0 Å². The van der Waals surface area contributed by atoms with Gasteiger partial charge in [-0.15, -0.1) is 0 Å². The third kappa shape index (κ3) is 3.67. The predicted molar refractivity (Wildman–Crippen MR) is 67.9 cm³/mol. The SMILES string of the molecule is CC(N)=NC[C@H](O)c1ccc([131I])c(O)c1. The minimum absolute atomic E-state index is 0.167. The van der Waals surface area contributed by atoms with Gasteiger partial charge in [-0.2, -0.15) is 0 Å². The van der Waals surface area contributed by atoms with E-state index in [-0.39, 0.29) is 12.3 Å². The standard InChI is InChI=1S/C10H13IN2O2/c1-6(12)13-5-10(15)7-2-3-8(11)9(14)4-7/h2-4,10,14-15H,5H2,1H3,(H2,12,13)/t10-/m0/s1/i11+4. The molecular weight excluding hydrogens is 311 g/mol. The van der Waals surface area contributed by atoms with Crippen molar-refractivity contribution in [2.75, 3.05) is 6.54 Å². The van der Waals surface area contributed by atoms with E-state index in [1.165, 1.54) is 6.07 Å². The monoisotopic (exact) mass is 324 g/mol. The van der Waals surface area contributed by atoms with Gasteiger partial charge >= 0.3 is 0 Å². The van der Waals surface area contributed by atoms with E-state index in [1.807, 2.05) is 22.6 Å². The van der Waals surface area contributed by atoms with Gasteiger partial charge in [-0.05, 0) is 47.2 Å². The van der Waals surface area contributed by atoms with Gasteiger partial charge in [0.05, 0.1) is 22.1 Å². The van der Waals surface area contributed by atoms with Gasteiger partial charge in [-0.3, -0.25) is 4.99 Å². The molecule has 0 aliphatic rings. The van der Waals surface area contributed by atoms with Gasteiger partial charge in [0, 0.05) is 0 Å². The van der Waals surface area contributed by atoms with E-state index in [0.717, 1.165) is 3.57 Å². The minimum Gasteiger partial charge on any atom is -0.507 e. The maximum Gasteiger partial charge on any atom is 0.129 e. The largest absolute Gasteiger partial charge is 0.507 e. The van der Waals surface area contributed by atoms with E-state index in [1.54, 1.807) is 19.1 Å². The summed E-state index contributed by atoms with van der Waals surface area (Å²) in [6.07, 6.45) is -0.730. The molecule has 0 aliphatic heterocycles. The fourth-order valence-electron chi connectivity index (χ4n) is 1.07. The summed E-state index contributed by atoms with van der Waals surface area (Å²) < 4.78 is 0.752. The molecule has 0 radical (unpaired) electrons. The third-order valence-electron chi connectivity index (χ3n) is 1.87. The summed E-state index contributed by atoms with van der Waals surface area (Å²) in [4.78, 5) is 3.91. The average molecular weight is 324 g/mol. The number of hydrogen-bond acceptors (Lipinski definition) is 3. The number of phenolic OH excluding ortho intramolecular Hbond substituents is 1. The predicted octanol–water partition coefficient (Wildman–Crippen LogP) is 1.41. The van der Waals surface area contributed by atoms with Gasteiger partial charge in [-0.1, -0.05) is 6.07 Å². The highest BCUT2D eigenvalue weighted by Crippen LogP contribution is 2.24. The summed E-state index contributed by atoms with van der Waals surface area (Å²) >= 11 is 2.02.